The van der Waals surface area contributed by atoms with Crippen molar-refractivity contribution < 1.29 is 4.79 Å². The van der Waals surface area contributed by atoms with E-state index in [1.807, 2.05) is 49.6 Å². The number of aryl methyl sites for hydroxylation is 2. The SMILES string of the molecule is Cc1cccc(C)c1NC(=O)Cn1cnc2c(-c3ccc(Cl)cc3)csc2c1=O. The Kier molecular flexibility index (Phi) is 5.22. The highest BCUT2D eigenvalue weighted by molar-refractivity contribution is 7.17. The molecule has 0 unspecified atom stereocenters. The fraction of sp³-hybridized carbons (Fsp3) is 0.136. The monoisotopic (exact) mass is 423 g/mol. The third kappa shape index (κ3) is 3.81. The molecule has 7 heteroatoms. The van der Waals surface area contributed by atoms with Gasteiger partial charge in [0.25, 0.3) is 5.56 Å². The molecule has 4 aromatic rings. The number of hydrogen-bond donors (Lipinski definition) is 1. The molecule has 2 heterocycles. The summed E-state index contributed by atoms with van der Waals surface area (Å²) in [7, 11) is 0. The molecule has 0 bridgehead atoms. The number of hydrogen-bond acceptors (Lipinski definition) is 4. The summed E-state index contributed by atoms with van der Waals surface area (Å²) in [5, 5.41) is 5.46. The van der Waals surface area contributed by atoms with Crippen LogP contribution in [0.25, 0.3) is 21.3 Å². The molecule has 0 saturated heterocycles. The van der Waals surface area contributed by atoms with Crippen LogP contribution in [0.3, 0.4) is 0 Å². The van der Waals surface area contributed by atoms with Crippen LogP contribution in [0, 0.1) is 13.8 Å². The normalized spacial score (nSPS) is 11.0. The number of carbonyl (C=O) groups is 1. The maximum absolute atomic E-state index is 12.9. The fourth-order valence-electron chi connectivity index (χ4n) is 3.23. The quantitative estimate of drug-likeness (QED) is 0.500. The van der Waals surface area contributed by atoms with Gasteiger partial charge in [-0.15, -0.1) is 11.3 Å². The summed E-state index contributed by atoms with van der Waals surface area (Å²) in [5.74, 6) is -0.264. The van der Waals surface area contributed by atoms with Crippen molar-refractivity contribution in [3.8, 4) is 11.1 Å². The molecule has 2 aromatic heterocycles. The van der Waals surface area contributed by atoms with E-state index in [1.54, 1.807) is 12.1 Å². The molecular weight excluding hydrogens is 406 g/mol. The van der Waals surface area contributed by atoms with Gasteiger partial charge in [-0.25, -0.2) is 4.98 Å². The van der Waals surface area contributed by atoms with E-state index >= 15 is 0 Å². The van der Waals surface area contributed by atoms with Crippen LogP contribution >= 0.6 is 22.9 Å². The van der Waals surface area contributed by atoms with Gasteiger partial charge in [0.15, 0.2) is 0 Å². The van der Waals surface area contributed by atoms with Gasteiger partial charge < -0.3 is 5.32 Å². The van der Waals surface area contributed by atoms with Crippen molar-refractivity contribution in [1.82, 2.24) is 9.55 Å². The van der Waals surface area contributed by atoms with Crippen molar-refractivity contribution in [2.24, 2.45) is 0 Å². The summed E-state index contributed by atoms with van der Waals surface area (Å²) in [6.45, 7) is 3.78. The molecule has 5 nitrogen and oxygen atoms in total. The van der Waals surface area contributed by atoms with Crippen molar-refractivity contribution >= 4 is 44.7 Å². The average Bonchev–Trinajstić information content (AvgIpc) is 3.12. The first-order valence-corrected chi connectivity index (χ1v) is 10.3. The van der Waals surface area contributed by atoms with Crippen molar-refractivity contribution in [1.29, 1.82) is 0 Å². The first-order valence-electron chi connectivity index (χ1n) is 9.02. The van der Waals surface area contributed by atoms with E-state index in [4.69, 9.17) is 11.6 Å². The standard InChI is InChI=1S/C22H18ClN3O2S/c1-13-4-3-5-14(2)19(13)25-18(27)10-26-12-24-20-17(11-29-21(20)22(26)28)15-6-8-16(23)9-7-15/h3-9,11-12H,10H2,1-2H3,(H,25,27). The maximum Gasteiger partial charge on any atom is 0.271 e. The highest BCUT2D eigenvalue weighted by atomic mass is 35.5. The third-order valence-corrected chi connectivity index (χ3v) is 5.97. The Bertz CT molecular complexity index is 1260. The number of nitrogens with zero attached hydrogens (tertiary/aromatic N) is 2. The van der Waals surface area contributed by atoms with Gasteiger partial charge in [-0.3, -0.25) is 14.2 Å². The number of carbonyl (C=O) groups excluding carboxylic acids is 1. The van der Waals surface area contributed by atoms with Crippen molar-refractivity contribution in [2.75, 3.05) is 5.32 Å². The minimum Gasteiger partial charge on any atom is -0.324 e. The predicted molar refractivity (Wildman–Crippen MR) is 119 cm³/mol. The van der Waals surface area contributed by atoms with Crippen molar-refractivity contribution in [3.63, 3.8) is 0 Å². The highest BCUT2D eigenvalue weighted by Crippen LogP contribution is 2.31. The second-order valence-electron chi connectivity index (χ2n) is 6.83. The van der Waals surface area contributed by atoms with E-state index in [1.165, 1.54) is 22.2 Å². The van der Waals surface area contributed by atoms with Crippen LogP contribution in [0.4, 0.5) is 5.69 Å². The lowest BCUT2D eigenvalue weighted by Crippen LogP contribution is -2.27. The van der Waals surface area contributed by atoms with Gasteiger partial charge in [-0.05, 0) is 42.7 Å². The largest absolute Gasteiger partial charge is 0.324 e. The van der Waals surface area contributed by atoms with E-state index < -0.39 is 0 Å². The molecule has 0 fully saturated rings. The van der Waals surface area contributed by atoms with Gasteiger partial charge in [0, 0.05) is 21.7 Å². The second-order valence-corrected chi connectivity index (χ2v) is 8.14. The predicted octanol–water partition coefficient (Wildman–Crippen LogP) is 5.03. The van der Waals surface area contributed by atoms with Crippen LogP contribution in [0.15, 0.2) is 59.0 Å². The van der Waals surface area contributed by atoms with Crippen molar-refractivity contribution in [2.45, 2.75) is 20.4 Å². The third-order valence-electron chi connectivity index (χ3n) is 4.76. The summed E-state index contributed by atoms with van der Waals surface area (Å²) in [4.78, 5) is 29.9. The number of rotatable bonds is 4. The van der Waals surface area contributed by atoms with Gasteiger partial charge in [0.2, 0.25) is 5.91 Å². The molecule has 2 aromatic carbocycles. The molecule has 1 N–H and O–H groups in total. The van der Waals surface area contributed by atoms with Crippen LogP contribution in [0.5, 0.6) is 0 Å². The zero-order chi connectivity index (χ0) is 20.5. The molecule has 0 spiro atoms. The topological polar surface area (TPSA) is 64.0 Å². The van der Waals surface area contributed by atoms with E-state index in [2.05, 4.69) is 10.3 Å². The number of amides is 1. The number of nitrogens with one attached hydrogen (secondary N) is 1. The van der Waals surface area contributed by atoms with E-state index in [9.17, 15) is 9.59 Å². The molecule has 0 radical (unpaired) electrons. The molecule has 0 aliphatic rings. The van der Waals surface area contributed by atoms with Crippen molar-refractivity contribution in [3.05, 3.63) is 80.7 Å². The van der Waals surface area contributed by atoms with Crippen LogP contribution in [0.1, 0.15) is 11.1 Å². The number of halogens is 1. The van der Waals surface area contributed by atoms with Gasteiger partial charge in [0.1, 0.15) is 11.2 Å². The number of fused-ring (bicyclic) bond motifs is 1. The number of anilines is 1. The van der Waals surface area contributed by atoms with Gasteiger partial charge >= 0.3 is 0 Å². The van der Waals surface area contributed by atoms with E-state index in [-0.39, 0.29) is 18.0 Å². The summed E-state index contributed by atoms with van der Waals surface area (Å²) >= 11 is 7.29. The number of benzene rings is 2. The maximum atomic E-state index is 12.9. The first-order chi connectivity index (χ1) is 13.9. The van der Waals surface area contributed by atoms with E-state index in [0.29, 0.717) is 15.2 Å². The van der Waals surface area contributed by atoms with Crippen LogP contribution in [-0.2, 0) is 11.3 Å². The Morgan fingerprint density at radius 2 is 1.83 bits per heavy atom. The van der Waals surface area contributed by atoms with Crippen LogP contribution in [0.2, 0.25) is 5.02 Å². The molecule has 0 atom stereocenters. The van der Waals surface area contributed by atoms with Gasteiger partial charge in [-0.1, -0.05) is 41.9 Å². The second kappa shape index (κ2) is 7.81. The zero-order valence-electron chi connectivity index (χ0n) is 15.9. The van der Waals surface area contributed by atoms with Gasteiger partial charge in [-0.2, -0.15) is 0 Å². The lowest BCUT2D eigenvalue weighted by Gasteiger charge is -2.12. The Labute approximate surface area is 176 Å². The summed E-state index contributed by atoms with van der Waals surface area (Å²) in [6.07, 6.45) is 1.43. The minimum absolute atomic E-state index is 0.0935. The first kappa shape index (κ1) is 19.4. The Balaban J connectivity index is 1.62. The molecule has 29 heavy (non-hydrogen) atoms. The average molecular weight is 424 g/mol. The molecule has 0 aliphatic carbocycles. The zero-order valence-corrected chi connectivity index (χ0v) is 17.5. The van der Waals surface area contributed by atoms with E-state index in [0.717, 1.165) is 27.9 Å². The molecule has 0 aliphatic heterocycles. The van der Waals surface area contributed by atoms with Gasteiger partial charge in [0.05, 0.1) is 11.8 Å². The number of para-hydroxylation sites is 1. The Morgan fingerprint density at radius 3 is 2.52 bits per heavy atom. The molecule has 4 rings (SSSR count). The Morgan fingerprint density at radius 1 is 1.14 bits per heavy atom. The molecule has 0 saturated carbocycles. The highest BCUT2D eigenvalue weighted by Gasteiger charge is 2.15. The molecule has 1 amide bonds. The lowest BCUT2D eigenvalue weighted by atomic mass is 10.1. The summed E-state index contributed by atoms with van der Waals surface area (Å²) < 4.78 is 1.87. The van der Waals surface area contributed by atoms with Crippen LogP contribution < -0.4 is 10.9 Å². The number of aromatic nitrogens is 2. The smallest absolute Gasteiger partial charge is 0.271 e. The number of thiophene rings is 1. The Hall–Kier alpha value is -2.96. The summed E-state index contributed by atoms with van der Waals surface area (Å²) in [6, 6.07) is 13.2. The van der Waals surface area contributed by atoms with Crippen LogP contribution in [-0.4, -0.2) is 15.5 Å². The summed E-state index contributed by atoms with van der Waals surface area (Å²) in [5.41, 5.74) is 4.96. The fourth-order valence-corrected chi connectivity index (χ4v) is 4.34. The molecule has 146 valence electrons. The molecular formula is C22H18ClN3O2S. The minimum atomic E-state index is -0.264. The lowest BCUT2D eigenvalue weighted by molar-refractivity contribution is -0.116.